The smallest absolute Gasteiger partial charge is 0.232 e. The van der Waals surface area contributed by atoms with Gasteiger partial charge >= 0.3 is 0 Å². The van der Waals surface area contributed by atoms with E-state index in [0.717, 1.165) is 23.1 Å². The molecule has 0 amide bonds. The van der Waals surface area contributed by atoms with E-state index in [0.29, 0.717) is 6.42 Å². The Bertz CT molecular complexity index is 836. The molecule has 110 valence electrons. The van der Waals surface area contributed by atoms with Gasteiger partial charge in [-0.1, -0.05) is 42.5 Å². The number of aryl methyl sites for hydroxylation is 1. The fourth-order valence-corrected chi connectivity index (χ4v) is 4.50. The first-order valence-corrected chi connectivity index (χ1v) is 8.66. The molecule has 0 fully saturated rings. The van der Waals surface area contributed by atoms with E-state index in [1.54, 1.807) is 4.57 Å². The Morgan fingerprint density at radius 2 is 1.91 bits per heavy atom. The molecule has 22 heavy (non-hydrogen) atoms. The third-order valence-corrected chi connectivity index (χ3v) is 5.58. The summed E-state index contributed by atoms with van der Waals surface area (Å²) < 4.78 is 1.80. The molecule has 2 heterocycles. The summed E-state index contributed by atoms with van der Waals surface area (Å²) in [5.74, 6) is 1.27. The molecule has 0 radical (unpaired) electrons. The van der Waals surface area contributed by atoms with Gasteiger partial charge in [0.05, 0.1) is 5.52 Å². The van der Waals surface area contributed by atoms with Gasteiger partial charge in [-0.25, -0.2) is 0 Å². The van der Waals surface area contributed by atoms with Crippen LogP contribution in [0.4, 0.5) is 0 Å². The zero-order valence-corrected chi connectivity index (χ0v) is 13.1. The third kappa shape index (κ3) is 2.35. The molecule has 0 aliphatic carbocycles. The maximum absolute atomic E-state index is 12.7. The summed E-state index contributed by atoms with van der Waals surface area (Å²) in [6, 6.07) is 18.6. The molecule has 3 heteroatoms. The number of carbonyl (C=O) groups is 1. The van der Waals surface area contributed by atoms with Crippen LogP contribution < -0.4 is 0 Å². The molecule has 0 bridgehead atoms. The number of benzene rings is 2. The van der Waals surface area contributed by atoms with Crippen LogP contribution in [0.2, 0.25) is 0 Å². The molecule has 0 spiro atoms. The van der Waals surface area contributed by atoms with Crippen molar-refractivity contribution in [2.24, 2.45) is 0 Å². The average Bonchev–Trinajstić information content (AvgIpc) is 2.99. The van der Waals surface area contributed by atoms with Gasteiger partial charge in [0.25, 0.3) is 0 Å². The van der Waals surface area contributed by atoms with E-state index in [9.17, 15) is 4.79 Å². The van der Waals surface area contributed by atoms with E-state index < -0.39 is 0 Å². The minimum atomic E-state index is 0.176. The largest absolute Gasteiger partial charge is 0.287 e. The van der Waals surface area contributed by atoms with Crippen LogP contribution in [0.1, 0.15) is 27.6 Å². The van der Waals surface area contributed by atoms with Crippen LogP contribution in [-0.4, -0.2) is 16.2 Å². The van der Waals surface area contributed by atoms with Crippen molar-refractivity contribution in [3.05, 3.63) is 71.9 Å². The molecule has 1 unspecified atom stereocenters. The number of nitrogens with zero attached hydrogens (tertiary/aromatic N) is 1. The highest BCUT2D eigenvalue weighted by Crippen LogP contribution is 2.39. The van der Waals surface area contributed by atoms with E-state index in [1.807, 2.05) is 48.3 Å². The second-order valence-corrected chi connectivity index (χ2v) is 6.96. The monoisotopic (exact) mass is 307 g/mol. The summed E-state index contributed by atoms with van der Waals surface area (Å²) in [6.07, 6.45) is 3.56. The van der Waals surface area contributed by atoms with Gasteiger partial charge < -0.3 is 0 Å². The minimum Gasteiger partial charge on any atom is -0.287 e. The van der Waals surface area contributed by atoms with Crippen LogP contribution in [-0.2, 0) is 6.42 Å². The highest BCUT2D eigenvalue weighted by atomic mass is 32.2. The van der Waals surface area contributed by atoms with Crippen LogP contribution >= 0.6 is 11.8 Å². The van der Waals surface area contributed by atoms with E-state index in [4.69, 9.17) is 0 Å². The van der Waals surface area contributed by atoms with Crippen molar-refractivity contribution in [3.8, 4) is 0 Å². The van der Waals surface area contributed by atoms with Crippen LogP contribution in [0.15, 0.2) is 60.8 Å². The Morgan fingerprint density at radius 1 is 1.09 bits per heavy atom. The first-order valence-electron chi connectivity index (χ1n) is 7.61. The van der Waals surface area contributed by atoms with Crippen molar-refractivity contribution in [2.45, 2.75) is 18.1 Å². The topological polar surface area (TPSA) is 22.0 Å². The number of carbonyl (C=O) groups excluding carboxylic acids is 1. The molecule has 1 atom stereocenters. The predicted molar refractivity (Wildman–Crippen MR) is 92.5 cm³/mol. The van der Waals surface area contributed by atoms with Gasteiger partial charge in [0.2, 0.25) is 5.91 Å². The zero-order valence-electron chi connectivity index (χ0n) is 12.2. The van der Waals surface area contributed by atoms with Crippen molar-refractivity contribution >= 4 is 28.6 Å². The molecule has 1 aromatic heterocycles. The van der Waals surface area contributed by atoms with E-state index in [-0.39, 0.29) is 11.2 Å². The molecular formula is C19H17NOS. The van der Waals surface area contributed by atoms with Gasteiger partial charge in [0.1, 0.15) is 0 Å². The molecule has 3 aromatic rings. The van der Waals surface area contributed by atoms with Crippen LogP contribution in [0.5, 0.6) is 0 Å². The second-order valence-electron chi connectivity index (χ2n) is 5.65. The lowest BCUT2D eigenvalue weighted by Crippen LogP contribution is -2.16. The molecule has 0 N–H and O–H groups in total. The van der Waals surface area contributed by atoms with E-state index in [2.05, 4.69) is 24.3 Å². The Hall–Kier alpha value is -2.00. The Balaban J connectivity index is 1.63. The normalized spacial score (nSPS) is 17.4. The third-order valence-electron chi connectivity index (χ3n) is 4.32. The zero-order chi connectivity index (χ0) is 14.9. The van der Waals surface area contributed by atoms with Gasteiger partial charge in [-0.15, -0.1) is 0 Å². The molecule has 4 rings (SSSR count). The summed E-state index contributed by atoms with van der Waals surface area (Å²) in [6.45, 7) is 0. The molecule has 0 saturated heterocycles. The number of para-hydroxylation sites is 1. The lowest BCUT2D eigenvalue weighted by molar-refractivity contribution is 0.0907. The first kappa shape index (κ1) is 13.6. The van der Waals surface area contributed by atoms with E-state index >= 15 is 0 Å². The summed E-state index contributed by atoms with van der Waals surface area (Å²) in [5, 5.41) is 1.39. The van der Waals surface area contributed by atoms with Crippen molar-refractivity contribution in [2.75, 3.05) is 5.75 Å². The van der Waals surface area contributed by atoms with Gasteiger partial charge in [0.15, 0.2) is 0 Å². The number of aromatic nitrogens is 1. The van der Waals surface area contributed by atoms with Crippen LogP contribution in [0, 0.1) is 0 Å². The van der Waals surface area contributed by atoms with Gasteiger partial charge in [-0.2, -0.15) is 11.8 Å². The highest BCUT2D eigenvalue weighted by Gasteiger charge is 2.23. The average molecular weight is 307 g/mol. The maximum atomic E-state index is 12.7. The van der Waals surface area contributed by atoms with Gasteiger partial charge in [-0.3, -0.25) is 9.36 Å². The Morgan fingerprint density at radius 3 is 2.86 bits per heavy atom. The van der Waals surface area contributed by atoms with Crippen molar-refractivity contribution in [1.29, 1.82) is 0 Å². The fraction of sp³-hybridized carbons (Fsp3) is 0.211. The molecular weight excluding hydrogens is 290 g/mol. The number of fused-ring (bicyclic) bond motifs is 2. The lowest BCUT2D eigenvalue weighted by atomic mass is 10.00. The van der Waals surface area contributed by atoms with Gasteiger partial charge in [0, 0.05) is 23.3 Å². The number of hydrogen-bond donors (Lipinski definition) is 0. The van der Waals surface area contributed by atoms with Crippen molar-refractivity contribution < 1.29 is 4.79 Å². The summed E-state index contributed by atoms with van der Waals surface area (Å²) in [7, 11) is 0. The summed E-state index contributed by atoms with van der Waals surface area (Å²) in [5.41, 5.74) is 3.74. The molecule has 1 aliphatic heterocycles. The minimum absolute atomic E-state index is 0.176. The molecule has 2 nitrogen and oxygen atoms in total. The van der Waals surface area contributed by atoms with E-state index in [1.165, 1.54) is 11.1 Å². The lowest BCUT2D eigenvalue weighted by Gasteiger charge is -2.24. The standard InChI is InChI=1S/C19H17NOS/c21-19(20-11-9-15-6-2-4-8-17(15)20)13-18-16-7-3-1-5-14(16)10-12-22-18/h1-9,11,18H,10,12-13H2. The number of thioether (sulfide) groups is 1. The van der Waals surface area contributed by atoms with Crippen LogP contribution in [0.3, 0.4) is 0 Å². The predicted octanol–water partition coefficient (Wildman–Crippen LogP) is 4.70. The maximum Gasteiger partial charge on any atom is 0.232 e. The second kappa shape index (κ2) is 5.65. The SMILES string of the molecule is O=C(CC1SCCc2ccccc21)n1ccc2ccccc21. The quantitative estimate of drug-likeness (QED) is 0.684. The highest BCUT2D eigenvalue weighted by molar-refractivity contribution is 7.99. The summed E-state index contributed by atoms with van der Waals surface area (Å²) >= 11 is 1.90. The fourth-order valence-electron chi connectivity index (χ4n) is 3.20. The van der Waals surface area contributed by atoms with Gasteiger partial charge in [-0.05, 0) is 35.4 Å². The molecule has 0 saturated carbocycles. The summed E-state index contributed by atoms with van der Waals surface area (Å²) in [4.78, 5) is 12.7. The Kier molecular flexibility index (Phi) is 3.51. The molecule has 1 aliphatic rings. The first-order chi connectivity index (χ1) is 10.8. The molecule has 2 aromatic carbocycles. The van der Waals surface area contributed by atoms with Crippen LogP contribution in [0.25, 0.3) is 10.9 Å². The van der Waals surface area contributed by atoms with Crippen molar-refractivity contribution in [3.63, 3.8) is 0 Å². The number of hydrogen-bond acceptors (Lipinski definition) is 2. The van der Waals surface area contributed by atoms with Crippen molar-refractivity contribution in [1.82, 2.24) is 4.57 Å². The number of rotatable bonds is 2. The Labute approximate surface area is 134 Å².